The summed E-state index contributed by atoms with van der Waals surface area (Å²) in [7, 11) is 0. The van der Waals surface area contributed by atoms with Crippen molar-refractivity contribution in [1.82, 2.24) is 4.57 Å². The first kappa shape index (κ1) is 30.2. The van der Waals surface area contributed by atoms with Gasteiger partial charge in [-0.05, 0) is 89.8 Å². The molecule has 0 bridgehead atoms. The lowest BCUT2D eigenvalue weighted by Gasteiger charge is -2.36. The van der Waals surface area contributed by atoms with Gasteiger partial charge in [0.2, 0.25) is 6.71 Å². The van der Waals surface area contributed by atoms with Crippen LogP contribution in [0.25, 0.3) is 27.5 Å². The predicted octanol–water partition coefficient (Wildman–Crippen LogP) is 11.0. The van der Waals surface area contributed by atoms with Crippen molar-refractivity contribution in [2.45, 2.75) is 9.79 Å². The smallest absolute Gasteiger partial charge is 0.249 e. The van der Waals surface area contributed by atoms with Gasteiger partial charge in [-0.2, -0.15) is 0 Å². The summed E-state index contributed by atoms with van der Waals surface area (Å²) in [5.74, 6) is 0. The van der Waals surface area contributed by atoms with E-state index in [0.29, 0.717) is 0 Å². The number of fused-ring (bicyclic) bond motifs is 7. The standard InChI is InChI=1S/C48H32BN3S/c1-5-16-33(17-6-1)50(34-18-7-2-8-19-34)37-28-29-41-45(31-37)53-46-32-38(51(35-20-9-3-10-21-35)36-22-11-4-12-23-36)30-44-47(46)49(41)42-26-15-25-40-39-24-13-14-27-43(39)52(44)48(40)42/h1-32H. The number of nitrogens with zero attached hydrogens (tertiary/aromatic N) is 3. The fourth-order valence-corrected chi connectivity index (χ4v) is 9.84. The second-order valence-corrected chi connectivity index (χ2v) is 14.8. The predicted molar refractivity (Wildman–Crippen MR) is 225 cm³/mol. The molecule has 1 aromatic heterocycles. The summed E-state index contributed by atoms with van der Waals surface area (Å²) >= 11 is 1.90. The topological polar surface area (TPSA) is 11.4 Å². The van der Waals surface area contributed by atoms with Crippen LogP contribution in [-0.2, 0) is 0 Å². The Morgan fingerprint density at radius 2 is 0.925 bits per heavy atom. The molecule has 3 heterocycles. The number of benzene rings is 8. The molecule has 11 rings (SSSR count). The maximum absolute atomic E-state index is 2.54. The molecule has 8 aromatic carbocycles. The molecular formula is C48H32BN3S. The molecule has 248 valence electrons. The molecule has 0 atom stereocenters. The van der Waals surface area contributed by atoms with Gasteiger partial charge in [0, 0.05) is 65.9 Å². The molecule has 0 amide bonds. The summed E-state index contributed by atoms with van der Waals surface area (Å²) in [4.78, 5) is 7.33. The van der Waals surface area contributed by atoms with Crippen LogP contribution in [0.2, 0.25) is 0 Å². The molecule has 53 heavy (non-hydrogen) atoms. The Labute approximate surface area is 313 Å². The quantitative estimate of drug-likeness (QED) is 0.161. The molecule has 0 aliphatic carbocycles. The van der Waals surface area contributed by atoms with E-state index in [1.807, 2.05) is 11.8 Å². The minimum atomic E-state index is 0.101. The first-order valence-corrected chi connectivity index (χ1v) is 19.0. The van der Waals surface area contributed by atoms with Gasteiger partial charge in [0.15, 0.2) is 0 Å². The monoisotopic (exact) mass is 693 g/mol. The summed E-state index contributed by atoms with van der Waals surface area (Å²) in [6.45, 7) is 0.101. The Morgan fingerprint density at radius 1 is 0.396 bits per heavy atom. The van der Waals surface area contributed by atoms with Crippen LogP contribution >= 0.6 is 11.8 Å². The minimum Gasteiger partial charge on any atom is -0.310 e. The normalized spacial score (nSPS) is 12.4. The third-order valence-electron chi connectivity index (χ3n) is 10.8. The van der Waals surface area contributed by atoms with Gasteiger partial charge in [-0.15, -0.1) is 0 Å². The SMILES string of the molecule is c1ccc(N(c2ccccc2)c2ccc3c(c2)Sc2cc(N(c4ccccc4)c4ccccc4)cc4c2B3c2cccc3c5ccccc5n-4c23)cc1. The molecule has 0 saturated heterocycles. The van der Waals surface area contributed by atoms with E-state index in [4.69, 9.17) is 0 Å². The number of aromatic nitrogens is 1. The summed E-state index contributed by atoms with van der Waals surface area (Å²) in [5.41, 5.74) is 14.7. The van der Waals surface area contributed by atoms with Gasteiger partial charge in [-0.1, -0.05) is 132 Å². The van der Waals surface area contributed by atoms with Gasteiger partial charge >= 0.3 is 0 Å². The average molecular weight is 694 g/mol. The first-order chi connectivity index (χ1) is 26.3. The lowest BCUT2D eigenvalue weighted by atomic mass is 9.35. The lowest BCUT2D eigenvalue weighted by molar-refractivity contribution is 1.16. The maximum Gasteiger partial charge on any atom is 0.249 e. The van der Waals surface area contributed by atoms with E-state index in [0.717, 1.165) is 34.1 Å². The summed E-state index contributed by atoms with van der Waals surface area (Å²) in [6.07, 6.45) is 0. The van der Waals surface area contributed by atoms with E-state index >= 15 is 0 Å². The molecule has 0 spiro atoms. The molecular weight excluding hydrogens is 661 g/mol. The highest BCUT2D eigenvalue weighted by Gasteiger charge is 2.40. The molecule has 9 aromatic rings. The number of hydrogen-bond acceptors (Lipinski definition) is 3. The summed E-state index contributed by atoms with van der Waals surface area (Å²) < 4.78 is 2.54. The highest BCUT2D eigenvalue weighted by atomic mass is 32.2. The molecule has 0 unspecified atom stereocenters. The molecule has 3 nitrogen and oxygen atoms in total. The van der Waals surface area contributed by atoms with Crippen LogP contribution in [0.4, 0.5) is 34.1 Å². The Balaban J connectivity index is 1.19. The Morgan fingerprint density at radius 3 is 1.55 bits per heavy atom. The van der Waals surface area contributed by atoms with Crippen molar-refractivity contribution in [2.24, 2.45) is 0 Å². The fraction of sp³-hybridized carbons (Fsp3) is 0. The summed E-state index contributed by atoms with van der Waals surface area (Å²) in [5, 5.41) is 2.59. The number of rotatable bonds is 6. The largest absolute Gasteiger partial charge is 0.310 e. The first-order valence-electron chi connectivity index (χ1n) is 18.1. The van der Waals surface area contributed by atoms with Crippen molar-refractivity contribution in [2.75, 3.05) is 9.80 Å². The van der Waals surface area contributed by atoms with Gasteiger partial charge < -0.3 is 14.4 Å². The Hall–Kier alpha value is -6.43. The maximum atomic E-state index is 2.54. The van der Waals surface area contributed by atoms with Gasteiger partial charge in [0.05, 0.1) is 5.52 Å². The minimum absolute atomic E-state index is 0.101. The zero-order chi connectivity index (χ0) is 34.9. The molecule has 5 heteroatoms. The molecule has 0 fully saturated rings. The highest BCUT2D eigenvalue weighted by Crippen LogP contribution is 2.45. The average Bonchev–Trinajstić information content (AvgIpc) is 3.56. The van der Waals surface area contributed by atoms with E-state index in [-0.39, 0.29) is 6.71 Å². The molecule has 0 saturated carbocycles. The van der Waals surface area contributed by atoms with Crippen LogP contribution < -0.4 is 26.2 Å². The van der Waals surface area contributed by atoms with Crippen molar-refractivity contribution < 1.29 is 0 Å². The number of anilines is 6. The zero-order valence-electron chi connectivity index (χ0n) is 28.8. The van der Waals surface area contributed by atoms with Crippen LogP contribution in [0.5, 0.6) is 0 Å². The highest BCUT2D eigenvalue weighted by molar-refractivity contribution is 8.00. The van der Waals surface area contributed by atoms with E-state index < -0.39 is 0 Å². The van der Waals surface area contributed by atoms with E-state index in [1.165, 1.54) is 53.7 Å². The van der Waals surface area contributed by atoms with E-state index in [9.17, 15) is 0 Å². The Kier molecular flexibility index (Phi) is 6.89. The van der Waals surface area contributed by atoms with E-state index in [1.54, 1.807) is 0 Å². The van der Waals surface area contributed by atoms with Crippen molar-refractivity contribution in [3.8, 4) is 5.69 Å². The fourth-order valence-electron chi connectivity index (χ4n) is 8.60. The van der Waals surface area contributed by atoms with E-state index in [2.05, 4.69) is 208 Å². The zero-order valence-corrected chi connectivity index (χ0v) is 29.6. The van der Waals surface area contributed by atoms with Gasteiger partial charge in [0.25, 0.3) is 0 Å². The van der Waals surface area contributed by atoms with Crippen LogP contribution in [0, 0.1) is 0 Å². The van der Waals surface area contributed by atoms with Gasteiger partial charge in [-0.25, -0.2) is 0 Å². The van der Waals surface area contributed by atoms with Gasteiger partial charge in [0.1, 0.15) is 0 Å². The van der Waals surface area contributed by atoms with Crippen molar-refractivity contribution in [3.05, 3.63) is 194 Å². The van der Waals surface area contributed by atoms with Gasteiger partial charge in [-0.3, -0.25) is 0 Å². The second-order valence-electron chi connectivity index (χ2n) is 13.7. The number of hydrogen-bond donors (Lipinski definition) is 0. The molecule has 0 radical (unpaired) electrons. The second kappa shape index (κ2) is 12.1. The van der Waals surface area contributed by atoms with Crippen LogP contribution in [0.1, 0.15) is 0 Å². The van der Waals surface area contributed by atoms with Crippen molar-refractivity contribution in [3.63, 3.8) is 0 Å². The lowest BCUT2D eigenvalue weighted by Crippen LogP contribution is -2.58. The van der Waals surface area contributed by atoms with Crippen molar-refractivity contribution >= 4 is 90.8 Å². The Bertz CT molecular complexity index is 2740. The van der Waals surface area contributed by atoms with Crippen LogP contribution in [-0.4, -0.2) is 11.3 Å². The third-order valence-corrected chi connectivity index (χ3v) is 11.9. The molecule has 2 aliphatic heterocycles. The van der Waals surface area contributed by atoms with Crippen LogP contribution in [0.15, 0.2) is 204 Å². The molecule has 2 aliphatic rings. The molecule has 0 N–H and O–H groups in total. The van der Waals surface area contributed by atoms with Crippen LogP contribution in [0.3, 0.4) is 0 Å². The number of para-hydroxylation sites is 6. The third kappa shape index (κ3) is 4.71. The summed E-state index contributed by atoms with van der Waals surface area (Å²) in [6, 6.07) is 70.7. The van der Waals surface area contributed by atoms with Crippen molar-refractivity contribution in [1.29, 1.82) is 0 Å².